The van der Waals surface area contributed by atoms with E-state index in [2.05, 4.69) is 30.2 Å². The number of nitrogens with one attached hydrogen (secondary N) is 2. The fourth-order valence-electron chi connectivity index (χ4n) is 11.1. The van der Waals surface area contributed by atoms with Crippen LogP contribution >= 0.6 is 0 Å². The van der Waals surface area contributed by atoms with Crippen LogP contribution in [0.1, 0.15) is 61.3 Å². The molecule has 4 N–H and O–H groups in total. The summed E-state index contributed by atoms with van der Waals surface area (Å²) in [6.07, 6.45) is 9.16. The van der Waals surface area contributed by atoms with Crippen LogP contribution in [-0.4, -0.2) is 169 Å². The first-order chi connectivity index (χ1) is 30.1. The smallest absolute Gasteiger partial charge is 0.258 e. The number of allylic oxidation sites excluding steroid dienone is 2. The Morgan fingerprint density at radius 3 is 1.40 bits per heavy atom. The summed E-state index contributed by atoms with van der Waals surface area (Å²) in [4.78, 5) is 60.6. The highest BCUT2D eigenvalue weighted by Gasteiger charge is 2.55. The minimum Gasteiger partial charge on any atom is -0.396 e. The Morgan fingerprint density at radius 1 is 0.661 bits per heavy atom. The van der Waals surface area contributed by atoms with E-state index in [9.17, 15) is 29.4 Å². The third-order valence-corrected chi connectivity index (χ3v) is 14.1. The van der Waals surface area contributed by atoms with E-state index in [1.54, 1.807) is 0 Å². The number of morpholine rings is 2. The van der Waals surface area contributed by atoms with E-state index in [1.807, 2.05) is 85.6 Å². The molecule has 16 nitrogen and oxygen atoms in total. The quantitative estimate of drug-likeness (QED) is 0.196. The molecule has 6 aliphatic rings. The molecule has 0 bridgehead atoms. The third-order valence-electron chi connectivity index (χ3n) is 14.1. The first-order valence-electron chi connectivity index (χ1n) is 22.7. The highest BCUT2D eigenvalue weighted by Crippen LogP contribution is 2.49. The minimum absolute atomic E-state index is 0.000737. The van der Waals surface area contributed by atoms with Gasteiger partial charge in [0.15, 0.2) is 0 Å². The van der Waals surface area contributed by atoms with Gasteiger partial charge in [0.2, 0.25) is 11.8 Å². The number of aliphatic hydroxyl groups is 2. The Balaban J connectivity index is 0.000000186. The Labute approximate surface area is 365 Å². The number of aromatic nitrogens is 2. The summed E-state index contributed by atoms with van der Waals surface area (Å²) in [6.45, 7) is 14.8. The molecule has 4 fully saturated rings. The number of likely N-dealkylation sites (N-methyl/N-ethyl adjacent to an activating group) is 2. The summed E-state index contributed by atoms with van der Waals surface area (Å²) in [7, 11) is 3.87. The van der Waals surface area contributed by atoms with Crippen LogP contribution in [0.5, 0.6) is 0 Å². The molecule has 2 amide bonds. The zero-order valence-electron chi connectivity index (χ0n) is 37.0. The summed E-state index contributed by atoms with van der Waals surface area (Å²) in [5.74, 6) is -0.354. The number of hydrogen-bond acceptors (Lipinski definition) is 12. The Hall–Kier alpha value is -4.00. The number of aliphatic hydroxyl groups excluding tert-OH is 2. The van der Waals surface area contributed by atoms with Gasteiger partial charge in [-0.15, -0.1) is 0 Å². The van der Waals surface area contributed by atoms with Crippen molar-refractivity contribution >= 4 is 24.0 Å². The van der Waals surface area contributed by atoms with Gasteiger partial charge < -0.3 is 39.5 Å². The fraction of sp³-hybridized carbons (Fsp3) is 0.652. The lowest BCUT2D eigenvalue weighted by Crippen LogP contribution is -2.47. The maximum absolute atomic E-state index is 13.1. The lowest BCUT2D eigenvalue weighted by molar-refractivity contribution is -0.128. The van der Waals surface area contributed by atoms with Crippen molar-refractivity contribution in [3.63, 3.8) is 0 Å². The van der Waals surface area contributed by atoms with E-state index in [1.165, 1.54) is 0 Å². The molecule has 2 aromatic rings. The number of nitrogens with zero attached hydrogens (tertiary/aromatic N) is 6. The largest absolute Gasteiger partial charge is 0.396 e. The molecule has 0 unspecified atom stereocenters. The molecular formula is C46H68N8O8. The second-order valence-electron chi connectivity index (χ2n) is 17.6. The van der Waals surface area contributed by atoms with Gasteiger partial charge >= 0.3 is 0 Å². The molecule has 2 aromatic heterocycles. The normalized spacial score (nSPS) is 28.7. The van der Waals surface area contributed by atoms with Crippen molar-refractivity contribution in [2.75, 3.05) is 106 Å². The van der Waals surface area contributed by atoms with E-state index in [-0.39, 0.29) is 84.0 Å². The predicted octanol–water partition coefficient (Wildman–Crippen LogP) is 0.627. The molecule has 8 atom stereocenters. The zero-order chi connectivity index (χ0) is 43.9. The van der Waals surface area contributed by atoms with Crippen LogP contribution in [0, 0.1) is 23.7 Å². The molecule has 340 valence electrons. The Morgan fingerprint density at radius 2 is 1.05 bits per heavy atom. The van der Waals surface area contributed by atoms with Gasteiger partial charge in [0.1, 0.15) is 0 Å². The summed E-state index contributed by atoms with van der Waals surface area (Å²) in [5.41, 5.74) is 3.21. The SMILES string of the molecule is C/C=C/c1ccc2n(c1=O)C[C@@H]1[C@@H](CO)[C@H](C(=O)NCCCN3CCOCC3)N(C)[C@H]21.C/C=C\c1ccc2n(c1=O)C[C@@H]1[C@@H](CO)[C@H](C(=O)NCCCN3CCOCC3)N(C)[C@H]21. The second kappa shape index (κ2) is 21.1. The molecule has 0 spiro atoms. The van der Waals surface area contributed by atoms with Crippen molar-refractivity contribution < 1.29 is 29.3 Å². The number of amides is 2. The average Bonchev–Trinajstić information content (AvgIpc) is 4.01. The van der Waals surface area contributed by atoms with Gasteiger partial charge in [-0.2, -0.15) is 0 Å². The molecule has 4 saturated heterocycles. The topological polar surface area (TPSA) is 174 Å². The summed E-state index contributed by atoms with van der Waals surface area (Å²) in [5, 5.41) is 26.5. The molecule has 8 rings (SSSR count). The van der Waals surface area contributed by atoms with E-state index >= 15 is 0 Å². The van der Waals surface area contributed by atoms with Crippen molar-refractivity contribution in [2.24, 2.45) is 23.7 Å². The number of hydrogen-bond donors (Lipinski definition) is 4. The van der Waals surface area contributed by atoms with E-state index in [0.29, 0.717) is 37.3 Å². The van der Waals surface area contributed by atoms with Crippen LogP contribution < -0.4 is 21.8 Å². The predicted molar refractivity (Wildman–Crippen MR) is 237 cm³/mol. The highest BCUT2D eigenvalue weighted by atomic mass is 16.5. The lowest BCUT2D eigenvalue weighted by atomic mass is 9.88. The Bertz CT molecular complexity index is 1900. The maximum atomic E-state index is 13.1. The molecule has 6 aliphatic heterocycles. The van der Waals surface area contributed by atoms with Crippen molar-refractivity contribution in [3.05, 3.63) is 79.6 Å². The summed E-state index contributed by atoms with van der Waals surface area (Å²) in [6, 6.07) is 6.87. The van der Waals surface area contributed by atoms with Gasteiger partial charge in [0.25, 0.3) is 11.1 Å². The van der Waals surface area contributed by atoms with Crippen LogP contribution in [0.15, 0.2) is 46.0 Å². The molecule has 0 radical (unpaired) electrons. The number of ether oxygens (including phenoxy) is 2. The van der Waals surface area contributed by atoms with Gasteiger partial charge in [-0.25, -0.2) is 0 Å². The van der Waals surface area contributed by atoms with E-state index in [4.69, 9.17) is 9.47 Å². The molecule has 0 aromatic carbocycles. The van der Waals surface area contributed by atoms with Crippen LogP contribution in [0.3, 0.4) is 0 Å². The average molecular weight is 861 g/mol. The number of rotatable bonds is 14. The number of carbonyl (C=O) groups excluding carboxylic acids is 2. The van der Waals surface area contributed by atoms with Crippen molar-refractivity contribution in [1.29, 1.82) is 0 Å². The highest BCUT2D eigenvalue weighted by molar-refractivity contribution is 5.83. The zero-order valence-corrected chi connectivity index (χ0v) is 37.0. The number of pyridine rings is 2. The molecule has 0 aliphatic carbocycles. The monoisotopic (exact) mass is 861 g/mol. The van der Waals surface area contributed by atoms with Gasteiger partial charge in [0, 0.05) is 112 Å². The van der Waals surface area contributed by atoms with Gasteiger partial charge in [0.05, 0.1) is 50.6 Å². The van der Waals surface area contributed by atoms with E-state index < -0.39 is 0 Å². The minimum atomic E-state index is -0.387. The second-order valence-corrected chi connectivity index (χ2v) is 17.6. The van der Waals surface area contributed by atoms with Gasteiger partial charge in [-0.1, -0.05) is 24.3 Å². The third kappa shape index (κ3) is 9.43. The number of carbonyl (C=O) groups is 2. The Kier molecular flexibility index (Phi) is 15.7. The first-order valence-corrected chi connectivity index (χ1v) is 22.7. The number of likely N-dealkylation sites (tertiary alicyclic amines) is 2. The van der Waals surface area contributed by atoms with Crippen molar-refractivity contribution in [2.45, 2.75) is 63.9 Å². The van der Waals surface area contributed by atoms with E-state index in [0.717, 1.165) is 89.9 Å². The van der Waals surface area contributed by atoms with Crippen molar-refractivity contribution in [3.8, 4) is 0 Å². The van der Waals surface area contributed by atoms with Crippen LogP contribution in [0.25, 0.3) is 12.2 Å². The standard InChI is InChI=1S/2C23H34N4O4/c2*1-3-5-16-6-7-19-20-17(14-27(19)23(16)30)18(15-28)21(25(20)2)22(29)24-8-4-9-26-10-12-31-13-11-26/h2*3,5-7,17-18,20-21,28H,4,8-15H2,1-2H3,(H,24,29)/b5-3+;5-3-/t2*17-,18-,20+,21-/m11/s1. The molecule has 16 heteroatoms. The van der Waals surface area contributed by atoms with Gasteiger partial charge in [-0.3, -0.25) is 38.8 Å². The first kappa shape index (κ1) is 46.0. The summed E-state index contributed by atoms with van der Waals surface area (Å²) < 4.78 is 14.4. The lowest BCUT2D eigenvalue weighted by Gasteiger charge is -2.28. The maximum Gasteiger partial charge on any atom is 0.258 e. The molecule has 0 saturated carbocycles. The van der Waals surface area contributed by atoms with Crippen LogP contribution in [0.2, 0.25) is 0 Å². The summed E-state index contributed by atoms with van der Waals surface area (Å²) >= 11 is 0. The van der Waals surface area contributed by atoms with Crippen LogP contribution in [-0.2, 0) is 32.2 Å². The van der Waals surface area contributed by atoms with Crippen LogP contribution in [0.4, 0.5) is 0 Å². The van der Waals surface area contributed by atoms with Gasteiger partial charge in [-0.05, 0) is 78.1 Å². The fourth-order valence-corrected chi connectivity index (χ4v) is 11.1. The molecule has 62 heavy (non-hydrogen) atoms. The number of fused-ring (bicyclic) bond motifs is 6. The molecular weight excluding hydrogens is 793 g/mol. The molecule has 8 heterocycles. The van der Waals surface area contributed by atoms with Crippen molar-refractivity contribution in [1.82, 2.24) is 39.4 Å².